The number of nitrogens with one attached hydrogen (secondary N) is 1. The summed E-state index contributed by atoms with van der Waals surface area (Å²) in [7, 11) is 1.58. The summed E-state index contributed by atoms with van der Waals surface area (Å²) < 4.78 is 10.7. The number of carbonyl (C=O) groups excluding carboxylic acids is 1. The molecule has 0 aromatic heterocycles. The van der Waals surface area contributed by atoms with Gasteiger partial charge in [-0.15, -0.1) is 0 Å². The van der Waals surface area contributed by atoms with Gasteiger partial charge in [-0.2, -0.15) is 0 Å². The van der Waals surface area contributed by atoms with Gasteiger partial charge in [-0.05, 0) is 50.8 Å². The average molecular weight is 263 g/mol. The first-order chi connectivity index (χ1) is 9.15. The first-order valence-electron chi connectivity index (χ1n) is 6.77. The van der Waals surface area contributed by atoms with E-state index in [-0.39, 0.29) is 11.9 Å². The number of amides is 1. The molecule has 1 unspecified atom stereocenters. The first kappa shape index (κ1) is 13.7. The Bertz CT molecular complexity index is 455. The Kier molecular flexibility index (Phi) is 4.30. The van der Waals surface area contributed by atoms with Gasteiger partial charge in [0.2, 0.25) is 0 Å². The summed E-state index contributed by atoms with van der Waals surface area (Å²) in [6.45, 7) is 4.54. The molecule has 104 valence electrons. The molecule has 0 bridgehead atoms. The fourth-order valence-electron chi connectivity index (χ4n) is 2.09. The van der Waals surface area contributed by atoms with Crippen LogP contribution in [0.15, 0.2) is 18.2 Å². The number of rotatable bonds is 6. The molecule has 0 spiro atoms. The van der Waals surface area contributed by atoms with Crippen molar-refractivity contribution < 1.29 is 14.3 Å². The smallest absolute Gasteiger partial charge is 0.251 e. The number of hydrogen-bond donors (Lipinski definition) is 1. The molecule has 1 saturated carbocycles. The molecular formula is C15H21NO3. The summed E-state index contributed by atoms with van der Waals surface area (Å²) in [6.07, 6.45) is 2.43. The Morgan fingerprint density at radius 1 is 1.42 bits per heavy atom. The normalized spacial score (nSPS) is 15.7. The molecule has 1 aliphatic rings. The fourth-order valence-corrected chi connectivity index (χ4v) is 2.09. The van der Waals surface area contributed by atoms with Crippen molar-refractivity contribution in [3.8, 4) is 11.5 Å². The Labute approximate surface area is 114 Å². The minimum Gasteiger partial charge on any atom is -0.493 e. The summed E-state index contributed by atoms with van der Waals surface area (Å²) in [5.74, 6) is 1.85. The van der Waals surface area contributed by atoms with E-state index in [9.17, 15) is 4.79 Å². The van der Waals surface area contributed by atoms with Gasteiger partial charge in [0.25, 0.3) is 5.91 Å². The van der Waals surface area contributed by atoms with Crippen LogP contribution in [0, 0.1) is 5.92 Å². The van der Waals surface area contributed by atoms with E-state index >= 15 is 0 Å². The van der Waals surface area contributed by atoms with E-state index in [2.05, 4.69) is 12.2 Å². The molecule has 1 aliphatic carbocycles. The highest BCUT2D eigenvalue weighted by atomic mass is 16.5. The van der Waals surface area contributed by atoms with E-state index in [4.69, 9.17) is 9.47 Å². The second-order valence-corrected chi connectivity index (χ2v) is 4.90. The fraction of sp³-hybridized carbons (Fsp3) is 0.533. The zero-order valence-corrected chi connectivity index (χ0v) is 11.7. The molecular weight excluding hydrogens is 242 g/mol. The first-order valence-corrected chi connectivity index (χ1v) is 6.77. The van der Waals surface area contributed by atoms with Crippen LogP contribution in [0.3, 0.4) is 0 Å². The van der Waals surface area contributed by atoms with Gasteiger partial charge in [0.15, 0.2) is 11.5 Å². The van der Waals surface area contributed by atoms with Crippen LogP contribution in [0.25, 0.3) is 0 Å². The van der Waals surface area contributed by atoms with E-state index in [1.165, 1.54) is 12.8 Å². The van der Waals surface area contributed by atoms with Crippen LogP contribution in [0.2, 0.25) is 0 Å². The third-order valence-corrected chi connectivity index (χ3v) is 3.41. The second-order valence-electron chi connectivity index (χ2n) is 4.90. The van der Waals surface area contributed by atoms with Crippen molar-refractivity contribution in [1.29, 1.82) is 0 Å². The molecule has 0 aliphatic heterocycles. The monoisotopic (exact) mass is 263 g/mol. The SMILES string of the molecule is CCOc1ccc(C(=O)NC(C)C2CC2)cc1OC. The van der Waals surface area contributed by atoms with Gasteiger partial charge in [-0.25, -0.2) is 0 Å². The highest BCUT2D eigenvalue weighted by Gasteiger charge is 2.29. The Morgan fingerprint density at radius 2 is 2.16 bits per heavy atom. The molecule has 2 rings (SSSR count). The molecule has 1 amide bonds. The maximum Gasteiger partial charge on any atom is 0.251 e. The topological polar surface area (TPSA) is 47.6 Å². The predicted molar refractivity (Wildman–Crippen MR) is 73.8 cm³/mol. The van der Waals surface area contributed by atoms with Crippen LogP contribution in [0.1, 0.15) is 37.0 Å². The molecule has 4 nitrogen and oxygen atoms in total. The molecule has 1 N–H and O–H groups in total. The molecule has 4 heteroatoms. The summed E-state index contributed by atoms with van der Waals surface area (Å²) in [4.78, 5) is 12.1. The third-order valence-electron chi connectivity index (χ3n) is 3.41. The van der Waals surface area contributed by atoms with E-state index in [0.29, 0.717) is 29.6 Å². The summed E-state index contributed by atoms with van der Waals surface area (Å²) in [6, 6.07) is 5.51. The van der Waals surface area contributed by atoms with E-state index < -0.39 is 0 Å². The Balaban J connectivity index is 2.08. The number of hydrogen-bond acceptors (Lipinski definition) is 3. The zero-order chi connectivity index (χ0) is 13.8. The van der Waals surface area contributed by atoms with Crippen molar-refractivity contribution in [3.63, 3.8) is 0 Å². The van der Waals surface area contributed by atoms with Crippen molar-refractivity contribution in [3.05, 3.63) is 23.8 Å². The second kappa shape index (κ2) is 5.95. The number of methoxy groups -OCH3 is 1. The van der Waals surface area contributed by atoms with Crippen molar-refractivity contribution >= 4 is 5.91 Å². The van der Waals surface area contributed by atoms with Crippen LogP contribution in [-0.2, 0) is 0 Å². The van der Waals surface area contributed by atoms with Gasteiger partial charge < -0.3 is 14.8 Å². The lowest BCUT2D eigenvalue weighted by Gasteiger charge is -2.14. The summed E-state index contributed by atoms with van der Waals surface area (Å²) in [5.41, 5.74) is 0.604. The van der Waals surface area contributed by atoms with Crippen molar-refractivity contribution in [2.75, 3.05) is 13.7 Å². The number of carbonyl (C=O) groups is 1. The predicted octanol–water partition coefficient (Wildman–Crippen LogP) is 2.62. The minimum absolute atomic E-state index is 0.0549. The van der Waals surface area contributed by atoms with Gasteiger partial charge in [0, 0.05) is 11.6 Å². The minimum atomic E-state index is -0.0549. The lowest BCUT2D eigenvalue weighted by molar-refractivity contribution is 0.0935. The van der Waals surface area contributed by atoms with E-state index in [1.54, 1.807) is 25.3 Å². The largest absolute Gasteiger partial charge is 0.493 e. The van der Waals surface area contributed by atoms with Gasteiger partial charge in [0.05, 0.1) is 13.7 Å². The number of benzene rings is 1. The third kappa shape index (κ3) is 3.40. The quantitative estimate of drug-likeness (QED) is 0.858. The maximum absolute atomic E-state index is 12.1. The molecule has 1 aromatic carbocycles. The van der Waals surface area contributed by atoms with Gasteiger partial charge in [-0.3, -0.25) is 4.79 Å². The number of ether oxygens (including phenoxy) is 2. The van der Waals surface area contributed by atoms with Gasteiger partial charge in [-0.1, -0.05) is 0 Å². The van der Waals surface area contributed by atoms with Crippen LogP contribution in [0.5, 0.6) is 11.5 Å². The van der Waals surface area contributed by atoms with E-state index in [0.717, 1.165) is 0 Å². The standard InChI is InChI=1S/C15H21NO3/c1-4-19-13-8-7-12(9-14(13)18-3)15(17)16-10(2)11-5-6-11/h7-11H,4-6H2,1-3H3,(H,16,17). The van der Waals surface area contributed by atoms with Crippen molar-refractivity contribution in [2.45, 2.75) is 32.7 Å². The van der Waals surface area contributed by atoms with Crippen LogP contribution in [-0.4, -0.2) is 25.7 Å². The van der Waals surface area contributed by atoms with Gasteiger partial charge >= 0.3 is 0 Å². The molecule has 1 fully saturated rings. The lowest BCUT2D eigenvalue weighted by atomic mass is 10.1. The average Bonchev–Trinajstić information content (AvgIpc) is 3.23. The molecule has 0 saturated heterocycles. The molecule has 0 radical (unpaired) electrons. The highest BCUT2D eigenvalue weighted by molar-refractivity contribution is 5.95. The zero-order valence-electron chi connectivity index (χ0n) is 11.7. The summed E-state index contributed by atoms with van der Waals surface area (Å²) in [5, 5.41) is 3.03. The Morgan fingerprint density at radius 3 is 2.74 bits per heavy atom. The Hall–Kier alpha value is -1.71. The van der Waals surface area contributed by atoms with Crippen molar-refractivity contribution in [1.82, 2.24) is 5.32 Å². The highest BCUT2D eigenvalue weighted by Crippen LogP contribution is 2.33. The van der Waals surface area contributed by atoms with Crippen LogP contribution >= 0.6 is 0 Å². The van der Waals surface area contributed by atoms with Gasteiger partial charge in [0.1, 0.15) is 0 Å². The van der Waals surface area contributed by atoms with Crippen LogP contribution in [0.4, 0.5) is 0 Å². The molecule has 0 heterocycles. The van der Waals surface area contributed by atoms with Crippen molar-refractivity contribution in [2.24, 2.45) is 5.92 Å². The molecule has 1 aromatic rings. The van der Waals surface area contributed by atoms with Crippen LogP contribution < -0.4 is 14.8 Å². The molecule has 1 atom stereocenters. The lowest BCUT2D eigenvalue weighted by Crippen LogP contribution is -2.33. The summed E-state index contributed by atoms with van der Waals surface area (Å²) >= 11 is 0. The van der Waals surface area contributed by atoms with E-state index in [1.807, 2.05) is 6.92 Å². The maximum atomic E-state index is 12.1. The molecule has 19 heavy (non-hydrogen) atoms.